The van der Waals surface area contributed by atoms with Gasteiger partial charge >= 0.3 is 6.03 Å². The molecule has 0 saturated carbocycles. The normalized spacial score (nSPS) is 22.7. The van der Waals surface area contributed by atoms with Gasteiger partial charge in [-0.2, -0.15) is 0 Å². The highest BCUT2D eigenvalue weighted by atomic mass is 16.7. The zero-order valence-corrected chi connectivity index (χ0v) is 12.6. The van der Waals surface area contributed by atoms with Crippen LogP contribution in [0.3, 0.4) is 0 Å². The first-order valence-corrected chi connectivity index (χ1v) is 6.90. The smallest absolute Gasteiger partial charge is 0.345 e. The van der Waals surface area contributed by atoms with Crippen LogP contribution in [0, 0.1) is 0 Å². The van der Waals surface area contributed by atoms with Gasteiger partial charge in [0.1, 0.15) is 22.7 Å². The first-order chi connectivity index (χ1) is 9.85. The Morgan fingerprint density at radius 3 is 1.67 bits per heavy atom. The lowest BCUT2D eigenvalue weighted by Crippen LogP contribution is -2.54. The van der Waals surface area contributed by atoms with Crippen molar-refractivity contribution < 1.29 is 28.2 Å². The third kappa shape index (κ3) is 1.86. The second kappa shape index (κ2) is 4.38. The molecule has 0 aromatic rings. The summed E-state index contributed by atoms with van der Waals surface area (Å²) in [5.41, 5.74) is 1.09. The summed E-state index contributed by atoms with van der Waals surface area (Å²) < 4.78 is 15.6. The Balaban J connectivity index is 2.08. The molecule has 21 heavy (non-hydrogen) atoms. The van der Waals surface area contributed by atoms with Gasteiger partial charge in [-0.25, -0.2) is 0 Å². The summed E-state index contributed by atoms with van der Waals surface area (Å²) in [6, 6.07) is -1.11. The molecule has 0 bridgehead atoms. The highest BCUT2D eigenvalue weighted by Gasteiger charge is 2.68. The Hall–Kier alpha value is -2.24. The number of allylic oxidation sites excluding steroid dienone is 4. The minimum Gasteiger partial charge on any atom is -0.345 e. The van der Waals surface area contributed by atoms with Crippen LogP contribution >= 0.6 is 0 Å². The number of hydrogen-bond donors (Lipinski definition) is 0. The van der Waals surface area contributed by atoms with E-state index in [4.69, 9.17) is 9.47 Å². The zero-order valence-electron chi connectivity index (χ0n) is 12.6. The van der Waals surface area contributed by atoms with Crippen LogP contribution in [0.15, 0.2) is 22.7 Å². The summed E-state index contributed by atoms with van der Waals surface area (Å²) in [6.07, 6.45) is 3.56. The molecule has 1 spiro atoms. The number of rotatable bonds is 2. The van der Waals surface area contributed by atoms with Crippen molar-refractivity contribution in [3.63, 3.8) is 0 Å². The summed E-state index contributed by atoms with van der Waals surface area (Å²) in [6.45, 7) is 7.82. The predicted octanol–water partition coefficient (Wildman–Crippen LogP) is 0.564. The number of ketones is 2. The van der Waals surface area contributed by atoms with Gasteiger partial charge in [0.05, 0.1) is 0 Å². The van der Waals surface area contributed by atoms with E-state index in [1.54, 1.807) is 26.3 Å². The minimum absolute atomic E-state index is 0.0442. The Labute approximate surface area is 122 Å². The Morgan fingerprint density at radius 2 is 1.33 bits per heavy atom. The van der Waals surface area contributed by atoms with E-state index in [1.165, 1.54) is 13.8 Å². The van der Waals surface area contributed by atoms with Crippen molar-refractivity contribution in [2.24, 2.45) is 0 Å². The lowest BCUT2D eigenvalue weighted by Gasteiger charge is -2.26. The molecule has 110 valence electrons. The van der Waals surface area contributed by atoms with Gasteiger partial charge in [0.15, 0.2) is 24.0 Å². The maximum Gasteiger partial charge on any atom is 0.703 e. The van der Waals surface area contributed by atoms with Gasteiger partial charge in [0.25, 0.3) is 0 Å². The Kier molecular flexibility index (Phi) is 2.86. The average molecular weight is 290 g/mol. The van der Waals surface area contributed by atoms with Crippen molar-refractivity contribution in [1.29, 1.82) is 0 Å². The fraction of sp³-hybridized carbons (Fsp3) is 0.467. The van der Waals surface area contributed by atoms with Gasteiger partial charge in [-0.15, -0.1) is 0 Å². The first kappa shape index (κ1) is 13.7. The Bertz CT molecular complexity index is 634. The molecule has 0 N–H and O–H groups in total. The van der Waals surface area contributed by atoms with Crippen molar-refractivity contribution in [3.05, 3.63) is 22.7 Å². The molecule has 0 aliphatic carbocycles. The maximum absolute atomic E-state index is 11.6. The van der Waals surface area contributed by atoms with E-state index in [-0.39, 0.29) is 11.6 Å². The minimum atomic E-state index is -1.11. The molecule has 6 heteroatoms. The van der Waals surface area contributed by atoms with E-state index < -0.39 is 6.03 Å². The third-order valence-corrected chi connectivity index (χ3v) is 3.97. The predicted molar refractivity (Wildman–Crippen MR) is 74.0 cm³/mol. The van der Waals surface area contributed by atoms with E-state index >= 15 is 0 Å². The average Bonchev–Trinajstić information content (AvgIpc) is 2.72. The SMILES string of the molecule is CC(=O)C1=C(C)OC23OC(C)=C(C(C)=O)C=[N+]2CC[N+]3=C1. The van der Waals surface area contributed by atoms with Crippen molar-refractivity contribution in [3.8, 4) is 0 Å². The topological polar surface area (TPSA) is 58.6 Å². The molecule has 0 amide bonds. The summed E-state index contributed by atoms with van der Waals surface area (Å²) in [5, 5.41) is 0. The molecule has 3 heterocycles. The molecular formula is C15H18N2O4+2. The number of carbonyl (C=O) groups excluding carboxylic acids is 2. The number of carbonyl (C=O) groups is 2. The number of Topliss-reactive ketones (excluding diaryl/α,β-unsaturated/α-hetero) is 2. The third-order valence-electron chi connectivity index (χ3n) is 3.97. The number of ether oxygens (including phenoxy) is 2. The molecule has 0 atom stereocenters. The quantitative estimate of drug-likeness (QED) is 0.698. The summed E-state index contributed by atoms with van der Waals surface area (Å²) >= 11 is 0. The molecular weight excluding hydrogens is 272 g/mol. The molecule has 6 nitrogen and oxygen atoms in total. The van der Waals surface area contributed by atoms with Gasteiger partial charge in [-0.05, 0) is 27.7 Å². The van der Waals surface area contributed by atoms with Gasteiger partial charge in [0.2, 0.25) is 13.1 Å². The lowest BCUT2D eigenvalue weighted by atomic mass is 10.1. The standard InChI is InChI=1S/C15H18N2O4/c1-9(18)13-7-16-5-6-17-8-14(10(2)19)12(4)21-15(16,17)20-11(13)3/h7-8H,5-6H2,1-4H3/q+2. The largest absolute Gasteiger partial charge is 0.703 e. The van der Waals surface area contributed by atoms with Crippen molar-refractivity contribution in [1.82, 2.24) is 0 Å². The highest BCUT2D eigenvalue weighted by Crippen LogP contribution is 2.34. The molecule has 1 saturated heterocycles. The van der Waals surface area contributed by atoms with Crippen LogP contribution in [0.2, 0.25) is 0 Å². The van der Waals surface area contributed by atoms with Gasteiger partial charge < -0.3 is 9.47 Å². The molecule has 3 rings (SSSR count). The summed E-state index contributed by atoms with van der Waals surface area (Å²) in [4.78, 5) is 23.3. The van der Waals surface area contributed by atoms with Crippen LogP contribution in [0.25, 0.3) is 0 Å². The molecule has 3 aliphatic heterocycles. The van der Waals surface area contributed by atoms with E-state index in [9.17, 15) is 9.59 Å². The maximum atomic E-state index is 11.6. The van der Waals surface area contributed by atoms with E-state index in [1.807, 2.05) is 9.15 Å². The molecule has 3 aliphatic rings. The van der Waals surface area contributed by atoms with Crippen molar-refractivity contribution >= 4 is 24.0 Å². The monoisotopic (exact) mass is 290 g/mol. The van der Waals surface area contributed by atoms with Crippen LogP contribution in [-0.4, -0.2) is 52.3 Å². The van der Waals surface area contributed by atoms with E-state index in [0.717, 1.165) is 0 Å². The molecule has 1 fully saturated rings. The number of nitrogens with zero attached hydrogens (tertiary/aromatic N) is 2. The molecule has 0 aromatic heterocycles. The van der Waals surface area contributed by atoms with Crippen LogP contribution in [0.4, 0.5) is 0 Å². The van der Waals surface area contributed by atoms with Gasteiger partial charge in [-0.3, -0.25) is 9.59 Å². The van der Waals surface area contributed by atoms with Gasteiger partial charge in [0, 0.05) is 0 Å². The fourth-order valence-electron chi connectivity index (χ4n) is 2.89. The Morgan fingerprint density at radius 1 is 0.952 bits per heavy atom. The molecule has 0 unspecified atom stereocenters. The zero-order chi connectivity index (χ0) is 15.4. The lowest BCUT2D eigenvalue weighted by molar-refractivity contribution is -0.871. The van der Waals surface area contributed by atoms with E-state index in [2.05, 4.69) is 0 Å². The summed E-state index contributed by atoms with van der Waals surface area (Å²) in [5.74, 6) is 0.964. The van der Waals surface area contributed by atoms with Crippen LogP contribution in [0.1, 0.15) is 27.7 Å². The van der Waals surface area contributed by atoms with Crippen LogP contribution in [0.5, 0.6) is 0 Å². The fourth-order valence-corrected chi connectivity index (χ4v) is 2.89. The molecule has 0 radical (unpaired) electrons. The van der Waals surface area contributed by atoms with E-state index in [0.29, 0.717) is 35.8 Å². The highest BCUT2D eigenvalue weighted by molar-refractivity contribution is 6.12. The second-order valence-corrected chi connectivity index (χ2v) is 5.45. The van der Waals surface area contributed by atoms with Crippen molar-refractivity contribution in [2.75, 3.05) is 13.1 Å². The molecule has 0 aromatic carbocycles. The second-order valence-electron chi connectivity index (χ2n) is 5.45. The number of hydrogen-bond acceptors (Lipinski definition) is 4. The first-order valence-electron chi connectivity index (χ1n) is 6.90. The van der Waals surface area contributed by atoms with Crippen molar-refractivity contribution in [2.45, 2.75) is 33.7 Å². The van der Waals surface area contributed by atoms with Crippen LogP contribution < -0.4 is 0 Å². The summed E-state index contributed by atoms with van der Waals surface area (Å²) in [7, 11) is 0. The van der Waals surface area contributed by atoms with Crippen LogP contribution in [-0.2, 0) is 19.1 Å². The van der Waals surface area contributed by atoms with Gasteiger partial charge in [-0.1, -0.05) is 9.15 Å².